The van der Waals surface area contributed by atoms with Gasteiger partial charge < -0.3 is 5.11 Å². The highest BCUT2D eigenvalue weighted by molar-refractivity contribution is 9.10. The SMILES string of the molecule is O=C(O)n1ccc2cc(Br)c(F)cc21. The molecule has 0 unspecified atom stereocenters. The molecule has 5 heteroatoms. The molecule has 0 bridgehead atoms. The minimum atomic E-state index is -1.12. The second-order valence-corrected chi connectivity index (χ2v) is 3.65. The zero-order chi connectivity index (χ0) is 10.3. The first kappa shape index (κ1) is 9.21. The van der Waals surface area contributed by atoms with E-state index in [1.54, 1.807) is 12.1 Å². The fourth-order valence-electron chi connectivity index (χ4n) is 1.30. The van der Waals surface area contributed by atoms with Gasteiger partial charge in [-0.2, -0.15) is 0 Å². The van der Waals surface area contributed by atoms with E-state index >= 15 is 0 Å². The summed E-state index contributed by atoms with van der Waals surface area (Å²) >= 11 is 3.03. The van der Waals surface area contributed by atoms with Crippen LogP contribution in [0.25, 0.3) is 10.9 Å². The Hall–Kier alpha value is -1.36. The first-order chi connectivity index (χ1) is 6.59. The van der Waals surface area contributed by atoms with Crippen molar-refractivity contribution in [3.63, 3.8) is 0 Å². The van der Waals surface area contributed by atoms with Crippen molar-refractivity contribution in [1.29, 1.82) is 0 Å². The summed E-state index contributed by atoms with van der Waals surface area (Å²) in [4.78, 5) is 10.7. The van der Waals surface area contributed by atoms with Gasteiger partial charge in [-0.05, 0) is 34.1 Å². The largest absolute Gasteiger partial charge is 0.464 e. The lowest BCUT2D eigenvalue weighted by Gasteiger charge is -1.99. The summed E-state index contributed by atoms with van der Waals surface area (Å²) in [5, 5.41) is 9.44. The quantitative estimate of drug-likeness (QED) is 0.788. The maximum Gasteiger partial charge on any atom is 0.416 e. The Bertz CT molecular complexity index is 521. The van der Waals surface area contributed by atoms with Crippen molar-refractivity contribution < 1.29 is 14.3 Å². The van der Waals surface area contributed by atoms with E-state index in [1.807, 2.05) is 0 Å². The highest BCUT2D eigenvalue weighted by Crippen LogP contribution is 2.23. The summed E-state index contributed by atoms with van der Waals surface area (Å²) in [5.74, 6) is -0.473. The molecule has 2 aromatic rings. The summed E-state index contributed by atoms with van der Waals surface area (Å²) in [6, 6.07) is 4.35. The molecule has 1 heterocycles. The Morgan fingerprint density at radius 1 is 1.50 bits per heavy atom. The van der Waals surface area contributed by atoms with Gasteiger partial charge in [-0.15, -0.1) is 0 Å². The lowest BCUT2D eigenvalue weighted by Crippen LogP contribution is -2.05. The molecule has 0 aliphatic carbocycles. The summed E-state index contributed by atoms with van der Waals surface area (Å²) in [6.07, 6.45) is 0.264. The van der Waals surface area contributed by atoms with Crippen molar-refractivity contribution in [2.75, 3.05) is 0 Å². The lowest BCUT2D eigenvalue weighted by atomic mass is 10.2. The summed E-state index contributed by atoms with van der Waals surface area (Å²) in [7, 11) is 0. The number of nitrogens with zero attached hydrogens (tertiary/aromatic N) is 1. The third kappa shape index (κ3) is 1.29. The van der Waals surface area contributed by atoms with E-state index in [0.29, 0.717) is 15.4 Å². The zero-order valence-electron chi connectivity index (χ0n) is 6.87. The van der Waals surface area contributed by atoms with Crippen LogP contribution in [0.2, 0.25) is 0 Å². The van der Waals surface area contributed by atoms with Crippen LogP contribution < -0.4 is 0 Å². The molecule has 72 valence electrons. The van der Waals surface area contributed by atoms with Crippen LogP contribution >= 0.6 is 15.9 Å². The number of hydrogen-bond acceptors (Lipinski definition) is 1. The Kier molecular flexibility index (Phi) is 2.03. The predicted molar refractivity (Wildman–Crippen MR) is 53.0 cm³/mol. The van der Waals surface area contributed by atoms with Crippen molar-refractivity contribution >= 4 is 32.9 Å². The van der Waals surface area contributed by atoms with E-state index in [4.69, 9.17) is 5.11 Å². The molecule has 14 heavy (non-hydrogen) atoms. The predicted octanol–water partition coefficient (Wildman–Crippen LogP) is 3.07. The van der Waals surface area contributed by atoms with Gasteiger partial charge in [0.1, 0.15) is 5.82 Å². The highest BCUT2D eigenvalue weighted by Gasteiger charge is 2.09. The molecule has 2 rings (SSSR count). The van der Waals surface area contributed by atoms with E-state index < -0.39 is 11.9 Å². The molecule has 1 aromatic heterocycles. The molecule has 0 atom stereocenters. The highest BCUT2D eigenvalue weighted by atomic mass is 79.9. The molecular weight excluding hydrogens is 253 g/mol. The number of benzene rings is 1. The summed E-state index contributed by atoms with van der Waals surface area (Å²) < 4.78 is 14.4. The van der Waals surface area contributed by atoms with Crippen LogP contribution in [0, 0.1) is 5.82 Å². The van der Waals surface area contributed by atoms with Gasteiger partial charge in [0.2, 0.25) is 0 Å². The van der Waals surface area contributed by atoms with Crippen LogP contribution in [-0.4, -0.2) is 15.8 Å². The average Bonchev–Trinajstić information content (AvgIpc) is 2.48. The van der Waals surface area contributed by atoms with Crippen molar-refractivity contribution in [3.05, 3.63) is 34.7 Å². The Labute approximate surface area is 86.9 Å². The van der Waals surface area contributed by atoms with Gasteiger partial charge in [0.25, 0.3) is 0 Å². The minimum absolute atomic E-state index is 0.327. The van der Waals surface area contributed by atoms with Crippen molar-refractivity contribution in [1.82, 2.24) is 4.57 Å². The van der Waals surface area contributed by atoms with Crippen LogP contribution in [0.3, 0.4) is 0 Å². The summed E-state index contributed by atoms with van der Waals surface area (Å²) in [5.41, 5.74) is 0.346. The molecular formula is C9H5BrFNO2. The molecule has 1 N–H and O–H groups in total. The summed E-state index contributed by atoms with van der Waals surface area (Å²) in [6.45, 7) is 0. The number of fused-ring (bicyclic) bond motifs is 1. The normalized spacial score (nSPS) is 10.7. The molecule has 0 aliphatic rings. The van der Waals surface area contributed by atoms with Gasteiger partial charge in [0.15, 0.2) is 0 Å². The van der Waals surface area contributed by atoms with E-state index in [2.05, 4.69) is 15.9 Å². The van der Waals surface area contributed by atoms with Crippen molar-refractivity contribution in [2.45, 2.75) is 0 Å². The average molecular weight is 258 g/mol. The van der Waals surface area contributed by atoms with E-state index in [0.717, 1.165) is 4.57 Å². The van der Waals surface area contributed by atoms with Crippen LogP contribution in [-0.2, 0) is 0 Å². The molecule has 3 nitrogen and oxygen atoms in total. The first-order valence-electron chi connectivity index (χ1n) is 3.79. The fourth-order valence-corrected chi connectivity index (χ4v) is 1.66. The minimum Gasteiger partial charge on any atom is -0.464 e. The van der Waals surface area contributed by atoms with E-state index in [-0.39, 0.29) is 0 Å². The molecule has 0 saturated carbocycles. The molecule has 0 spiro atoms. The second kappa shape index (κ2) is 3.09. The van der Waals surface area contributed by atoms with Gasteiger partial charge in [0, 0.05) is 11.6 Å². The zero-order valence-corrected chi connectivity index (χ0v) is 8.45. The van der Waals surface area contributed by atoms with Crippen LogP contribution in [0.4, 0.5) is 9.18 Å². The van der Waals surface area contributed by atoms with Gasteiger partial charge >= 0.3 is 6.09 Å². The third-order valence-electron chi connectivity index (χ3n) is 1.94. The number of hydrogen-bond donors (Lipinski definition) is 1. The molecule has 0 saturated heterocycles. The Morgan fingerprint density at radius 2 is 2.21 bits per heavy atom. The molecule has 0 radical (unpaired) electrons. The molecule has 0 aliphatic heterocycles. The maximum atomic E-state index is 13.1. The Morgan fingerprint density at radius 3 is 2.86 bits per heavy atom. The molecule has 0 fully saturated rings. The number of halogens is 2. The number of aromatic nitrogens is 1. The van der Waals surface area contributed by atoms with Crippen molar-refractivity contribution in [3.8, 4) is 0 Å². The second-order valence-electron chi connectivity index (χ2n) is 2.79. The first-order valence-corrected chi connectivity index (χ1v) is 4.58. The van der Waals surface area contributed by atoms with Crippen LogP contribution in [0.1, 0.15) is 0 Å². The smallest absolute Gasteiger partial charge is 0.416 e. The van der Waals surface area contributed by atoms with Gasteiger partial charge in [-0.25, -0.2) is 9.18 Å². The topological polar surface area (TPSA) is 42.2 Å². The fraction of sp³-hybridized carbons (Fsp3) is 0. The molecule has 1 aromatic carbocycles. The third-order valence-corrected chi connectivity index (χ3v) is 2.55. The number of rotatable bonds is 0. The van der Waals surface area contributed by atoms with Gasteiger partial charge in [-0.1, -0.05) is 0 Å². The van der Waals surface area contributed by atoms with Crippen LogP contribution in [0.5, 0.6) is 0 Å². The monoisotopic (exact) mass is 257 g/mol. The van der Waals surface area contributed by atoms with E-state index in [9.17, 15) is 9.18 Å². The van der Waals surface area contributed by atoms with Gasteiger partial charge in [-0.3, -0.25) is 4.57 Å². The lowest BCUT2D eigenvalue weighted by molar-refractivity contribution is 0.197. The standard InChI is InChI=1S/C9H5BrFNO2/c10-6-3-5-1-2-12(9(13)14)8(5)4-7(6)11/h1-4H,(H,13,14). The van der Waals surface area contributed by atoms with Crippen LogP contribution in [0.15, 0.2) is 28.9 Å². The Balaban J connectivity index is 2.80. The maximum absolute atomic E-state index is 13.1. The number of carboxylic acid groups (broad SMARTS) is 1. The van der Waals surface area contributed by atoms with Gasteiger partial charge in [0.05, 0.1) is 9.99 Å². The van der Waals surface area contributed by atoms with Crippen molar-refractivity contribution in [2.24, 2.45) is 0 Å². The van der Waals surface area contributed by atoms with E-state index in [1.165, 1.54) is 12.3 Å². The molecule has 0 amide bonds. The number of carbonyl (C=O) groups is 1.